The molecule has 90 valence electrons. The summed E-state index contributed by atoms with van der Waals surface area (Å²) in [5.74, 6) is 1.17. The Kier molecular flexibility index (Phi) is 5.02. The molecular formula is C10H22N2O2S. The van der Waals surface area contributed by atoms with Gasteiger partial charge in [-0.15, -0.1) is 0 Å². The third kappa shape index (κ3) is 4.95. The highest BCUT2D eigenvalue weighted by atomic mass is 32.2. The number of sulfone groups is 1. The molecule has 0 spiro atoms. The molecular weight excluding hydrogens is 212 g/mol. The highest BCUT2D eigenvalue weighted by Crippen LogP contribution is 2.03. The SMILES string of the molecule is CCS(=O)(=O)CCN1CCNCC(C)C1. The normalized spacial score (nSPS) is 25.1. The first-order valence-electron chi connectivity index (χ1n) is 5.67. The minimum absolute atomic E-state index is 0.259. The third-order valence-corrected chi connectivity index (χ3v) is 4.51. The summed E-state index contributed by atoms with van der Waals surface area (Å²) in [6, 6.07) is 0. The molecule has 1 aliphatic heterocycles. The fraction of sp³-hybridized carbons (Fsp3) is 1.00. The van der Waals surface area contributed by atoms with Crippen molar-refractivity contribution in [3.8, 4) is 0 Å². The summed E-state index contributed by atoms with van der Waals surface area (Å²) in [5, 5.41) is 3.35. The van der Waals surface area contributed by atoms with Gasteiger partial charge in [0.05, 0.1) is 5.75 Å². The van der Waals surface area contributed by atoms with Gasteiger partial charge in [0.15, 0.2) is 9.84 Å². The Labute approximate surface area is 93.0 Å². The zero-order chi connectivity index (χ0) is 11.3. The fourth-order valence-corrected chi connectivity index (χ4v) is 2.62. The summed E-state index contributed by atoms with van der Waals surface area (Å²) < 4.78 is 22.7. The van der Waals surface area contributed by atoms with Crippen LogP contribution in [0.3, 0.4) is 0 Å². The smallest absolute Gasteiger partial charge is 0.151 e. The molecule has 5 heteroatoms. The number of hydrogen-bond donors (Lipinski definition) is 1. The van der Waals surface area contributed by atoms with Gasteiger partial charge in [0.25, 0.3) is 0 Å². The van der Waals surface area contributed by atoms with Gasteiger partial charge >= 0.3 is 0 Å². The van der Waals surface area contributed by atoms with Crippen molar-refractivity contribution < 1.29 is 8.42 Å². The van der Waals surface area contributed by atoms with Crippen molar-refractivity contribution >= 4 is 9.84 Å². The monoisotopic (exact) mass is 234 g/mol. The maximum absolute atomic E-state index is 11.4. The minimum Gasteiger partial charge on any atom is -0.315 e. The van der Waals surface area contributed by atoms with E-state index in [9.17, 15) is 8.42 Å². The summed E-state index contributed by atoms with van der Waals surface area (Å²) in [6.45, 7) is 8.56. The third-order valence-electron chi connectivity index (χ3n) is 2.83. The van der Waals surface area contributed by atoms with E-state index >= 15 is 0 Å². The second-order valence-corrected chi connectivity index (χ2v) is 6.82. The molecule has 1 unspecified atom stereocenters. The summed E-state index contributed by atoms with van der Waals surface area (Å²) in [4.78, 5) is 2.25. The molecule has 1 N–H and O–H groups in total. The molecule has 1 heterocycles. The quantitative estimate of drug-likeness (QED) is 0.742. The first-order valence-corrected chi connectivity index (χ1v) is 7.49. The Bertz CT molecular complexity index is 277. The molecule has 1 atom stereocenters. The predicted molar refractivity (Wildman–Crippen MR) is 62.8 cm³/mol. The Morgan fingerprint density at radius 3 is 2.87 bits per heavy atom. The van der Waals surface area contributed by atoms with Gasteiger partial charge in [-0.2, -0.15) is 0 Å². The Hall–Kier alpha value is -0.130. The van der Waals surface area contributed by atoms with Gasteiger partial charge in [-0.1, -0.05) is 13.8 Å². The van der Waals surface area contributed by atoms with Crippen LogP contribution in [0.25, 0.3) is 0 Å². The van der Waals surface area contributed by atoms with Gasteiger partial charge < -0.3 is 10.2 Å². The van der Waals surface area contributed by atoms with Gasteiger partial charge in [-0.05, 0) is 12.5 Å². The molecule has 15 heavy (non-hydrogen) atoms. The fourth-order valence-electron chi connectivity index (χ4n) is 1.80. The van der Waals surface area contributed by atoms with Crippen LogP contribution in [0.1, 0.15) is 13.8 Å². The van der Waals surface area contributed by atoms with E-state index in [1.807, 2.05) is 0 Å². The lowest BCUT2D eigenvalue weighted by molar-refractivity contribution is 0.279. The van der Waals surface area contributed by atoms with Crippen LogP contribution in [-0.2, 0) is 9.84 Å². The topological polar surface area (TPSA) is 49.4 Å². The Morgan fingerprint density at radius 2 is 2.20 bits per heavy atom. The molecule has 0 aromatic heterocycles. The zero-order valence-corrected chi connectivity index (χ0v) is 10.5. The molecule has 0 aromatic carbocycles. The van der Waals surface area contributed by atoms with Gasteiger partial charge in [0.2, 0.25) is 0 Å². The second-order valence-electron chi connectivity index (χ2n) is 4.35. The van der Waals surface area contributed by atoms with Crippen molar-refractivity contribution in [2.24, 2.45) is 5.92 Å². The average Bonchev–Trinajstić information content (AvgIpc) is 2.40. The van der Waals surface area contributed by atoms with E-state index in [4.69, 9.17) is 0 Å². The maximum Gasteiger partial charge on any atom is 0.151 e. The molecule has 1 saturated heterocycles. The van der Waals surface area contributed by atoms with Crippen LogP contribution < -0.4 is 5.32 Å². The van der Waals surface area contributed by atoms with Crippen molar-refractivity contribution in [1.82, 2.24) is 10.2 Å². The summed E-state index contributed by atoms with van der Waals surface area (Å²) in [5.41, 5.74) is 0. The largest absolute Gasteiger partial charge is 0.315 e. The standard InChI is InChI=1S/C10H22N2O2S/c1-3-15(13,14)7-6-12-5-4-11-8-10(2)9-12/h10-11H,3-9H2,1-2H3. The molecule has 0 saturated carbocycles. The lowest BCUT2D eigenvalue weighted by Gasteiger charge is -2.21. The highest BCUT2D eigenvalue weighted by molar-refractivity contribution is 7.91. The molecule has 1 rings (SSSR count). The summed E-state index contributed by atoms with van der Waals surface area (Å²) in [6.07, 6.45) is 0. The van der Waals surface area contributed by atoms with Crippen LogP contribution in [0.5, 0.6) is 0 Å². The van der Waals surface area contributed by atoms with E-state index in [1.54, 1.807) is 6.92 Å². The summed E-state index contributed by atoms with van der Waals surface area (Å²) in [7, 11) is -2.81. The van der Waals surface area contributed by atoms with Crippen molar-refractivity contribution in [3.63, 3.8) is 0 Å². The van der Waals surface area contributed by atoms with E-state index in [1.165, 1.54) is 0 Å². The lowest BCUT2D eigenvalue weighted by Crippen LogP contribution is -2.34. The molecule has 0 aliphatic carbocycles. The van der Waals surface area contributed by atoms with Crippen LogP contribution >= 0.6 is 0 Å². The summed E-state index contributed by atoms with van der Waals surface area (Å²) >= 11 is 0. The van der Waals surface area contributed by atoms with E-state index in [2.05, 4.69) is 17.1 Å². The molecule has 1 fully saturated rings. The first kappa shape index (κ1) is 12.9. The van der Waals surface area contributed by atoms with Crippen molar-refractivity contribution in [2.75, 3.05) is 44.2 Å². The van der Waals surface area contributed by atoms with Gasteiger partial charge in [0, 0.05) is 31.9 Å². The lowest BCUT2D eigenvalue weighted by atomic mass is 10.2. The maximum atomic E-state index is 11.4. The predicted octanol–water partition coefficient (Wildman–Crippen LogP) is -0.0376. The number of nitrogens with one attached hydrogen (secondary N) is 1. The van der Waals surface area contributed by atoms with Gasteiger partial charge in [0.1, 0.15) is 0 Å². The average molecular weight is 234 g/mol. The van der Waals surface area contributed by atoms with Crippen LogP contribution in [0.2, 0.25) is 0 Å². The van der Waals surface area contributed by atoms with E-state index in [-0.39, 0.29) is 5.75 Å². The molecule has 1 aliphatic rings. The molecule has 4 nitrogen and oxygen atoms in total. The molecule has 0 radical (unpaired) electrons. The van der Waals surface area contributed by atoms with Crippen LogP contribution in [0, 0.1) is 5.92 Å². The number of nitrogens with zero attached hydrogens (tertiary/aromatic N) is 1. The molecule has 0 bridgehead atoms. The number of hydrogen-bond acceptors (Lipinski definition) is 4. The highest BCUT2D eigenvalue weighted by Gasteiger charge is 2.16. The van der Waals surface area contributed by atoms with Crippen LogP contribution in [0.4, 0.5) is 0 Å². The van der Waals surface area contributed by atoms with Gasteiger partial charge in [-0.3, -0.25) is 0 Å². The first-order chi connectivity index (χ1) is 7.03. The Morgan fingerprint density at radius 1 is 1.47 bits per heavy atom. The molecule has 0 aromatic rings. The van der Waals surface area contributed by atoms with Crippen molar-refractivity contribution in [3.05, 3.63) is 0 Å². The Balaban J connectivity index is 2.37. The van der Waals surface area contributed by atoms with Crippen LogP contribution in [-0.4, -0.2) is 57.5 Å². The minimum atomic E-state index is -2.81. The van der Waals surface area contributed by atoms with E-state index < -0.39 is 9.84 Å². The second kappa shape index (κ2) is 5.82. The number of rotatable bonds is 4. The zero-order valence-electron chi connectivity index (χ0n) is 9.70. The van der Waals surface area contributed by atoms with E-state index in [0.29, 0.717) is 18.2 Å². The van der Waals surface area contributed by atoms with Crippen molar-refractivity contribution in [2.45, 2.75) is 13.8 Å². The van der Waals surface area contributed by atoms with Gasteiger partial charge in [-0.25, -0.2) is 8.42 Å². The van der Waals surface area contributed by atoms with E-state index in [0.717, 1.165) is 26.2 Å². The van der Waals surface area contributed by atoms with Crippen molar-refractivity contribution in [1.29, 1.82) is 0 Å². The molecule has 0 amide bonds. The van der Waals surface area contributed by atoms with Crippen LogP contribution in [0.15, 0.2) is 0 Å².